The summed E-state index contributed by atoms with van der Waals surface area (Å²) in [5.41, 5.74) is 0.707. The summed E-state index contributed by atoms with van der Waals surface area (Å²) in [6, 6.07) is 4.31. The second-order valence-electron chi connectivity index (χ2n) is 5.30. The number of methoxy groups -OCH3 is 2. The summed E-state index contributed by atoms with van der Waals surface area (Å²) in [4.78, 5) is 35.5. The maximum atomic E-state index is 12.1. The number of carbonyl (C=O) groups excluding carboxylic acids is 3. The monoisotopic (exact) mass is 317 g/mol. The first kappa shape index (κ1) is 16.7. The SMILES string of the molecule is COC(=O)c1cc(NC(=O)C[C@H]2C=CCC2)cc(C(=O)OC)c1. The van der Waals surface area contributed by atoms with Gasteiger partial charge in [-0.25, -0.2) is 9.59 Å². The number of hydrogen-bond acceptors (Lipinski definition) is 5. The molecule has 0 aromatic heterocycles. The van der Waals surface area contributed by atoms with Crippen molar-refractivity contribution in [3.63, 3.8) is 0 Å². The minimum absolute atomic E-state index is 0.167. The molecule has 1 aromatic carbocycles. The Morgan fingerprint density at radius 1 is 1.09 bits per heavy atom. The molecule has 2 rings (SSSR count). The van der Waals surface area contributed by atoms with E-state index in [1.165, 1.54) is 32.4 Å². The highest BCUT2D eigenvalue weighted by Crippen LogP contribution is 2.22. The molecule has 122 valence electrons. The summed E-state index contributed by atoms with van der Waals surface area (Å²) < 4.78 is 9.32. The summed E-state index contributed by atoms with van der Waals surface area (Å²) in [6.07, 6.45) is 6.41. The maximum absolute atomic E-state index is 12.1. The lowest BCUT2D eigenvalue weighted by Gasteiger charge is -2.11. The summed E-state index contributed by atoms with van der Waals surface area (Å²) in [7, 11) is 2.50. The van der Waals surface area contributed by atoms with Crippen molar-refractivity contribution in [3.8, 4) is 0 Å². The van der Waals surface area contributed by atoms with Crippen molar-refractivity contribution in [2.24, 2.45) is 5.92 Å². The number of amides is 1. The molecule has 0 heterocycles. The van der Waals surface area contributed by atoms with Crippen LogP contribution in [-0.2, 0) is 14.3 Å². The van der Waals surface area contributed by atoms with Gasteiger partial charge in [0.05, 0.1) is 25.3 Å². The Balaban J connectivity index is 2.18. The first-order chi connectivity index (χ1) is 11.0. The van der Waals surface area contributed by atoms with Gasteiger partial charge in [-0.05, 0) is 37.0 Å². The number of rotatable bonds is 5. The molecule has 0 saturated heterocycles. The smallest absolute Gasteiger partial charge is 0.337 e. The summed E-state index contributed by atoms with van der Waals surface area (Å²) in [6.45, 7) is 0. The van der Waals surface area contributed by atoms with E-state index in [-0.39, 0.29) is 23.0 Å². The van der Waals surface area contributed by atoms with Crippen LogP contribution >= 0.6 is 0 Å². The van der Waals surface area contributed by atoms with Crippen molar-refractivity contribution in [2.75, 3.05) is 19.5 Å². The molecule has 1 aromatic rings. The van der Waals surface area contributed by atoms with Gasteiger partial charge in [0.25, 0.3) is 0 Å². The van der Waals surface area contributed by atoms with Crippen LogP contribution in [0.25, 0.3) is 0 Å². The summed E-state index contributed by atoms with van der Waals surface area (Å²) in [5.74, 6) is -1.12. The van der Waals surface area contributed by atoms with E-state index in [0.717, 1.165) is 12.8 Å². The fourth-order valence-electron chi connectivity index (χ4n) is 2.49. The van der Waals surface area contributed by atoms with E-state index >= 15 is 0 Å². The lowest BCUT2D eigenvalue weighted by molar-refractivity contribution is -0.116. The van der Waals surface area contributed by atoms with Crippen molar-refractivity contribution in [1.29, 1.82) is 0 Å². The molecule has 6 heteroatoms. The Morgan fingerprint density at radius 2 is 1.70 bits per heavy atom. The van der Waals surface area contributed by atoms with E-state index in [1.807, 2.05) is 6.08 Å². The molecule has 1 N–H and O–H groups in total. The Labute approximate surface area is 134 Å². The average Bonchev–Trinajstić information content (AvgIpc) is 3.05. The molecule has 6 nitrogen and oxygen atoms in total. The lowest BCUT2D eigenvalue weighted by Crippen LogP contribution is -2.16. The van der Waals surface area contributed by atoms with Gasteiger partial charge in [0, 0.05) is 12.1 Å². The van der Waals surface area contributed by atoms with Crippen LogP contribution in [0.1, 0.15) is 40.0 Å². The van der Waals surface area contributed by atoms with Crippen LogP contribution in [0, 0.1) is 5.92 Å². The fourth-order valence-corrected chi connectivity index (χ4v) is 2.49. The van der Waals surface area contributed by atoms with Crippen molar-refractivity contribution in [1.82, 2.24) is 0 Å². The highest BCUT2D eigenvalue weighted by molar-refractivity contribution is 5.99. The third kappa shape index (κ3) is 4.42. The van der Waals surface area contributed by atoms with Crippen LogP contribution in [-0.4, -0.2) is 32.1 Å². The van der Waals surface area contributed by atoms with Gasteiger partial charge in [0.1, 0.15) is 0 Å². The van der Waals surface area contributed by atoms with Gasteiger partial charge in [-0.3, -0.25) is 4.79 Å². The normalized spacial score (nSPS) is 16.0. The predicted octanol–water partition coefficient (Wildman–Crippen LogP) is 2.55. The number of hydrogen-bond donors (Lipinski definition) is 1. The molecule has 1 aliphatic rings. The van der Waals surface area contributed by atoms with Crippen molar-refractivity contribution in [3.05, 3.63) is 41.5 Å². The Bertz CT molecular complexity index is 616. The first-order valence-corrected chi connectivity index (χ1v) is 7.31. The molecule has 0 fully saturated rings. The largest absolute Gasteiger partial charge is 0.465 e. The second-order valence-corrected chi connectivity index (χ2v) is 5.30. The van der Waals surface area contributed by atoms with Gasteiger partial charge in [-0.15, -0.1) is 0 Å². The molecule has 0 spiro atoms. The van der Waals surface area contributed by atoms with Crippen molar-refractivity contribution in [2.45, 2.75) is 19.3 Å². The Hall–Kier alpha value is -2.63. The van der Waals surface area contributed by atoms with E-state index in [1.54, 1.807) is 0 Å². The van der Waals surface area contributed by atoms with E-state index in [9.17, 15) is 14.4 Å². The van der Waals surface area contributed by atoms with Crippen molar-refractivity contribution >= 4 is 23.5 Å². The zero-order valence-corrected chi connectivity index (χ0v) is 13.1. The van der Waals surface area contributed by atoms with Gasteiger partial charge < -0.3 is 14.8 Å². The summed E-state index contributed by atoms with van der Waals surface area (Å²) in [5, 5.41) is 2.72. The van der Waals surface area contributed by atoms with E-state index in [0.29, 0.717) is 12.1 Å². The van der Waals surface area contributed by atoms with Gasteiger partial charge in [-0.1, -0.05) is 12.2 Å². The number of carbonyl (C=O) groups is 3. The topological polar surface area (TPSA) is 81.7 Å². The number of esters is 2. The highest BCUT2D eigenvalue weighted by Gasteiger charge is 2.17. The fraction of sp³-hybridized carbons (Fsp3) is 0.353. The number of nitrogens with one attached hydrogen (secondary N) is 1. The predicted molar refractivity (Wildman–Crippen MR) is 84.2 cm³/mol. The molecule has 0 bridgehead atoms. The Kier molecular flexibility index (Phi) is 5.51. The van der Waals surface area contributed by atoms with Gasteiger partial charge in [-0.2, -0.15) is 0 Å². The van der Waals surface area contributed by atoms with E-state index in [4.69, 9.17) is 0 Å². The molecule has 1 atom stereocenters. The third-order valence-electron chi connectivity index (χ3n) is 3.62. The molecular weight excluding hydrogens is 298 g/mol. The highest BCUT2D eigenvalue weighted by atomic mass is 16.5. The van der Waals surface area contributed by atoms with Crippen LogP contribution in [0.3, 0.4) is 0 Å². The number of anilines is 1. The Morgan fingerprint density at radius 3 is 2.17 bits per heavy atom. The molecule has 1 amide bonds. The molecule has 0 aliphatic heterocycles. The van der Waals surface area contributed by atoms with E-state index < -0.39 is 11.9 Å². The molecule has 0 saturated carbocycles. The van der Waals surface area contributed by atoms with Gasteiger partial charge in [0.15, 0.2) is 0 Å². The quantitative estimate of drug-likeness (QED) is 0.666. The minimum atomic E-state index is -0.593. The zero-order chi connectivity index (χ0) is 16.8. The second kappa shape index (κ2) is 7.58. The third-order valence-corrected chi connectivity index (χ3v) is 3.62. The van der Waals surface area contributed by atoms with Gasteiger partial charge >= 0.3 is 11.9 Å². The first-order valence-electron chi connectivity index (χ1n) is 7.31. The van der Waals surface area contributed by atoms with Crippen LogP contribution < -0.4 is 5.32 Å². The van der Waals surface area contributed by atoms with Crippen LogP contribution in [0.2, 0.25) is 0 Å². The summed E-state index contributed by atoms with van der Waals surface area (Å²) >= 11 is 0. The van der Waals surface area contributed by atoms with Crippen LogP contribution in [0.4, 0.5) is 5.69 Å². The number of allylic oxidation sites excluding steroid dienone is 2. The maximum Gasteiger partial charge on any atom is 0.337 e. The molecule has 0 radical (unpaired) electrons. The van der Waals surface area contributed by atoms with E-state index in [2.05, 4.69) is 20.9 Å². The number of benzene rings is 1. The van der Waals surface area contributed by atoms with Gasteiger partial charge in [0.2, 0.25) is 5.91 Å². The number of ether oxygens (including phenoxy) is 2. The zero-order valence-electron chi connectivity index (χ0n) is 13.1. The van der Waals surface area contributed by atoms with Crippen LogP contribution in [0.15, 0.2) is 30.4 Å². The van der Waals surface area contributed by atoms with Crippen LogP contribution in [0.5, 0.6) is 0 Å². The standard InChI is InChI=1S/C17H19NO5/c1-22-16(20)12-8-13(17(21)23-2)10-14(9-12)18-15(19)7-11-5-3-4-6-11/h3,5,8-11H,4,6-7H2,1-2H3,(H,18,19)/t11-/m0/s1. The average molecular weight is 317 g/mol. The minimum Gasteiger partial charge on any atom is -0.465 e. The lowest BCUT2D eigenvalue weighted by atomic mass is 10.0. The molecular formula is C17H19NO5. The molecule has 0 unspecified atom stereocenters. The van der Waals surface area contributed by atoms with Crippen molar-refractivity contribution < 1.29 is 23.9 Å². The molecule has 1 aliphatic carbocycles. The molecule has 23 heavy (non-hydrogen) atoms.